The first-order valence-corrected chi connectivity index (χ1v) is 5.50. The van der Waals surface area contributed by atoms with Crippen molar-refractivity contribution in [3.05, 3.63) is 5.82 Å². The molecular formula is C9H18N4S. The molecule has 0 aliphatic carbocycles. The Bertz CT molecular complexity index is 261. The van der Waals surface area contributed by atoms with Gasteiger partial charge in [0, 0.05) is 5.16 Å². The van der Waals surface area contributed by atoms with Crippen molar-refractivity contribution in [1.82, 2.24) is 14.8 Å². The maximum atomic E-state index is 5.08. The molecule has 0 aliphatic rings. The van der Waals surface area contributed by atoms with E-state index in [0.717, 1.165) is 32.0 Å². The van der Waals surface area contributed by atoms with Gasteiger partial charge < -0.3 is 22.1 Å². The molecule has 0 amide bonds. The first-order valence-electron chi connectivity index (χ1n) is 5.09. The molecule has 0 aromatic carbocycles. The van der Waals surface area contributed by atoms with Gasteiger partial charge in [-0.3, -0.25) is 0 Å². The summed E-state index contributed by atoms with van der Waals surface area (Å²) in [4.78, 5) is 1.58. The summed E-state index contributed by atoms with van der Waals surface area (Å²) < 4.78 is 2.00. The van der Waals surface area contributed by atoms with E-state index in [1.54, 1.807) is 4.90 Å². The van der Waals surface area contributed by atoms with Crippen molar-refractivity contribution < 1.29 is 4.90 Å². The molecule has 0 spiro atoms. The minimum Gasteiger partial charge on any atom is -0.740 e. The Morgan fingerprint density at radius 1 is 1.29 bits per heavy atom. The quantitative estimate of drug-likeness (QED) is 0.666. The second-order valence-electron chi connectivity index (χ2n) is 3.39. The summed E-state index contributed by atoms with van der Waals surface area (Å²) in [7, 11) is 0. The SMILES string of the molecule is CC[NH+](CC)CCn1c(C)nnc1[S-]. The van der Waals surface area contributed by atoms with Crippen LogP contribution in [-0.2, 0) is 19.2 Å². The van der Waals surface area contributed by atoms with Crippen LogP contribution < -0.4 is 4.90 Å². The van der Waals surface area contributed by atoms with Crippen LogP contribution in [-0.4, -0.2) is 34.4 Å². The van der Waals surface area contributed by atoms with Crippen molar-refractivity contribution >= 4 is 12.6 Å². The smallest absolute Gasteiger partial charge is 0.128 e. The molecule has 0 atom stereocenters. The van der Waals surface area contributed by atoms with Crippen LogP contribution in [0.5, 0.6) is 0 Å². The number of nitrogens with zero attached hydrogens (tertiary/aromatic N) is 3. The summed E-state index contributed by atoms with van der Waals surface area (Å²) in [5, 5.41) is 8.42. The molecule has 14 heavy (non-hydrogen) atoms. The van der Waals surface area contributed by atoms with Crippen molar-refractivity contribution in [2.24, 2.45) is 0 Å². The molecule has 1 rings (SSSR count). The predicted octanol–water partition coefficient (Wildman–Crippen LogP) is -0.583. The number of hydrogen-bond donors (Lipinski definition) is 1. The summed E-state index contributed by atoms with van der Waals surface area (Å²) in [5.41, 5.74) is 0. The van der Waals surface area contributed by atoms with Crippen LogP contribution in [0.15, 0.2) is 5.16 Å². The molecule has 0 bridgehead atoms. The number of aromatic nitrogens is 3. The lowest BCUT2D eigenvalue weighted by Crippen LogP contribution is -3.11. The van der Waals surface area contributed by atoms with E-state index in [9.17, 15) is 0 Å². The summed E-state index contributed by atoms with van der Waals surface area (Å²) in [6, 6.07) is 0. The highest BCUT2D eigenvalue weighted by Gasteiger charge is 2.05. The third-order valence-electron chi connectivity index (χ3n) is 2.59. The van der Waals surface area contributed by atoms with Crippen LogP contribution in [0, 0.1) is 6.92 Å². The first kappa shape index (κ1) is 11.4. The zero-order chi connectivity index (χ0) is 10.6. The lowest BCUT2D eigenvalue weighted by Gasteiger charge is -2.17. The van der Waals surface area contributed by atoms with Gasteiger partial charge in [0.2, 0.25) is 0 Å². The lowest BCUT2D eigenvalue weighted by molar-refractivity contribution is -0.897. The van der Waals surface area contributed by atoms with E-state index >= 15 is 0 Å². The normalized spacial score (nSPS) is 11.1. The summed E-state index contributed by atoms with van der Waals surface area (Å²) >= 11 is 5.08. The number of nitrogens with one attached hydrogen (secondary N) is 1. The van der Waals surface area contributed by atoms with Crippen LogP contribution in [0.4, 0.5) is 0 Å². The maximum absolute atomic E-state index is 5.08. The molecule has 1 aromatic rings. The lowest BCUT2D eigenvalue weighted by atomic mass is 10.4. The molecular weight excluding hydrogens is 196 g/mol. The van der Waals surface area contributed by atoms with Gasteiger partial charge in [-0.15, -0.1) is 5.10 Å². The van der Waals surface area contributed by atoms with Crippen molar-refractivity contribution in [2.75, 3.05) is 19.6 Å². The van der Waals surface area contributed by atoms with Crippen molar-refractivity contribution in [3.63, 3.8) is 0 Å². The molecule has 1 aromatic heterocycles. The zero-order valence-corrected chi connectivity index (χ0v) is 9.89. The van der Waals surface area contributed by atoms with Gasteiger partial charge in [-0.05, 0) is 20.8 Å². The minimum absolute atomic E-state index is 0.606. The zero-order valence-electron chi connectivity index (χ0n) is 9.08. The largest absolute Gasteiger partial charge is 0.740 e. The number of likely N-dealkylation sites (N-methyl/N-ethyl adjacent to an activating group) is 1. The molecule has 4 nitrogen and oxygen atoms in total. The van der Waals surface area contributed by atoms with Crippen LogP contribution >= 0.6 is 0 Å². The van der Waals surface area contributed by atoms with Crippen molar-refractivity contribution in [1.29, 1.82) is 0 Å². The van der Waals surface area contributed by atoms with Gasteiger partial charge in [-0.25, -0.2) is 0 Å². The highest BCUT2D eigenvalue weighted by molar-refractivity contribution is 7.58. The summed E-state index contributed by atoms with van der Waals surface area (Å²) in [6.07, 6.45) is 0. The average Bonchev–Trinajstić information content (AvgIpc) is 2.50. The predicted molar refractivity (Wildman–Crippen MR) is 57.3 cm³/mol. The van der Waals surface area contributed by atoms with Crippen LogP contribution in [0.3, 0.4) is 0 Å². The highest BCUT2D eigenvalue weighted by atomic mass is 32.1. The van der Waals surface area contributed by atoms with E-state index in [-0.39, 0.29) is 0 Å². The summed E-state index contributed by atoms with van der Waals surface area (Å²) in [6.45, 7) is 10.7. The highest BCUT2D eigenvalue weighted by Crippen LogP contribution is 1.97. The number of hydrogen-bond acceptors (Lipinski definition) is 3. The van der Waals surface area contributed by atoms with Gasteiger partial charge in [0.1, 0.15) is 5.82 Å². The molecule has 1 N–H and O–H groups in total. The van der Waals surface area contributed by atoms with E-state index in [1.165, 1.54) is 0 Å². The van der Waals surface area contributed by atoms with E-state index in [0.29, 0.717) is 5.16 Å². The Kier molecular flexibility index (Phi) is 4.28. The fourth-order valence-electron chi connectivity index (χ4n) is 1.49. The molecule has 0 saturated carbocycles. The second kappa shape index (κ2) is 5.26. The molecule has 0 unspecified atom stereocenters. The van der Waals surface area contributed by atoms with Crippen molar-refractivity contribution in [2.45, 2.75) is 32.5 Å². The Hall–Kier alpha value is -0.680. The monoisotopic (exact) mass is 214 g/mol. The van der Waals surface area contributed by atoms with Gasteiger partial charge >= 0.3 is 0 Å². The molecule has 0 saturated heterocycles. The maximum Gasteiger partial charge on any atom is 0.128 e. The second-order valence-corrected chi connectivity index (χ2v) is 3.75. The third-order valence-corrected chi connectivity index (χ3v) is 2.89. The van der Waals surface area contributed by atoms with Crippen LogP contribution in [0.2, 0.25) is 0 Å². The Labute approximate surface area is 90.7 Å². The van der Waals surface area contributed by atoms with Gasteiger partial charge in [-0.2, -0.15) is 5.10 Å². The third kappa shape index (κ3) is 2.65. The van der Waals surface area contributed by atoms with E-state index in [2.05, 4.69) is 24.0 Å². The number of quaternary nitrogens is 1. The van der Waals surface area contributed by atoms with Gasteiger partial charge in [-0.1, -0.05) is 0 Å². The molecule has 0 fully saturated rings. The van der Waals surface area contributed by atoms with E-state index in [4.69, 9.17) is 12.6 Å². The fourth-order valence-corrected chi connectivity index (χ4v) is 1.76. The first-order chi connectivity index (χ1) is 6.69. The fraction of sp³-hybridized carbons (Fsp3) is 0.778. The topological polar surface area (TPSA) is 35.2 Å². The van der Waals surface area contributed by atoms with Crippen LogP contribution in [0.25, 0.3) is 0 Å². The van der Waals surface area contributed by atoms with Gasteiger partial charge in [0.15, 0.2) is 0 Å². The molecule has 0 aliphatic heterocycles. The number of rotatable bonds is 5. The van der Waals surface area contributed by atoms with E-state index in [1.807, 2.05) is 11.5 Å². The molecule has 5 heteroatoms. The Balaban J connectivity index is 2.52. The molecule has 0 radical (unpaired) electrons. The summed E-state index contributed by atoms with van der Waals surface area (Å²) in [5.74, 6) is 0.918. The van der Waals surface area contributed by atoms with Gasteiger partial charge in [0.05, 0.1) is 26.2 Å². The minimum atomic E-state index is 0.606. The Morgan fingerprint density at radius 3 is 2.36 bits per heavy atom. The van der Waals surface area contributed by atoms with E-state index < -0.39 is 0 Å². The van der Waals surface area contributed by atoms with Crippen LogP contribution in [0.1, 0.15) is 19.7 Å². The molecule has 1 heterocycles. The Morgan fingerprint density at radius 2 is 1.93 bits per heavy atom. The van der Waals surface area contributed by atoms with Gasteiger partial charge in [0.25, 0.3) is 0 Å². The molecule has 80 valence electrons. The van der Waals surface area contributed by atoms with Crippen molar-refractivity contribution in [3.8, 4) is 0 Å². The number of aryl methyl sites for hydroxylation is 1. The average molecular weight is 214 g/mol. The standard InChI is InChI=1S/C9H18N4S/c1-4-12(5-2)6-7-13-8(3)10-11-9(13)14/h4-7H2,1-3H3,(H,11,14).